The molecule has 2 heterocycles. The minimum absolute atomic E-state index is 0.0419. The van der Waals surface area contributed by atoms with Gasteiger partial charge < -0.3 is 14.8 Å². The number of amides is 5. The molecule has 34 heavy (non-hydrogen) atoms. The molecule has 10 nitrogen and oxygen atoms in total. The number of benzene rings is 1. The van der Waals surface area contributed by atoms with Gasteiger partial charge in [-0.1, -0.05) is 12.5 Å². The predicted octanol–water partition coefficient (Wildman–Crippen LogP) is 1.86. The summed E-state index contributed by atoms with van der Waals surface area (Å²) in [5.74, 6) is -2.20. The molecule has 0 aromatic heterocycles. The number of alkyl halides is 1. The van der Waals surface area contributed by atoms with Crippen LogP contribution in [0.15, 0.2) is 18.2 Å². The van der Waals surface area contributed by atoms with E-state index >= 15 is 0 Å². The number of rotatable bonds is 13. The smallest absolute Gasteiger partial charge is 0.264 e. The minimum Gasteiger partial charge on any atom is -0.379 e. The molecule has 1 unspecified atom stereocenters. The quantitative estimate of drug-likeness (QED) is 0.243. The number of ether oxygens (including phenoxy) is 2. The Morgan fingerprint density at radius 2 is 1.79 bits per heavy atom. The molecule has 11 heteroatoms. The molecule has 3 rings (SSSR count). The lowest BCUT2D eigenvalue weighted by Crippen LogP contribution is -2.54. The fourth-order valence-electron chi connectivity index (χ4n) is 3.87. The number of hydrogen-bond acceptors (Lipinski definition) is 7. The van der Waals surface area contributed by atoms with Gasteiger partial charge in [0.05, 0.1) is 36.6 Å². The summed E-state index contributed by atoms with van der Waals surface area (Å²) in [5.41, 5.74) is 0.422. The maximum absolute atomic E-state index is 13.0. The monoisotopic (exact) mass is 493 g/mol. The summed E-state index contributed by atoms with van der Waals surface area (Å²) in [6.45, 7) is 2.07. The number of nitrogens with one attached hydrogen (secondary N) is 2. The Labute approximate surface area is 202 Å². The third kappa shape index (κ3) is 6.40. The zero-order valence-electron chi connectivity index (χ0n) is 18.8. The van der Waals surface area contributed by atoms with Crippen molar-refractivity contribution in [3.63, 3.8) is 0 Å². The first-order chi connectivity index (χ1) is 16.4. The van der Waals surface area contributed by atoms with E-state index in [2.05, 4.69) is 10.6 Å². The van der Waals surface area contributed by atoms with E-state index in [0.717, 1.165) is 17.7 Å². The van der Waals surface area contributed by atoms with E-state index in [1.807, 2.05) is 0 Å². The molecule has 2 N–H and O–H groups in total. The molecule has 1 aromatic rings. The Morgan fingerprint density at radius 1 is 1.03 bits per heavy atom. The lowest BCUT2D eigenvalue weighted by atomic mass is 10.0. The van der Waals surface area contributed by atoms with Gasteiger partial charge in [-0.3, -0.25) is 34.2 Å². The van der Waals surface area contributed by atoms with Crippen molar-refractivity contribution in [1.82, 2.24) is 10.2 Å². The van der Waals surface area contributed by atoms with Gasteiger partial charge in [-0.05, 0) is 31.4 Å². The highest BCUT2D eigenvalue weighted by molar-refractivity contribution is 6.26. The van der Waals surface area contributed by atoms with Crippen LogP contribution in [0.2, 0.25) is 0 Å². The number of imide groups is 2. The summed E-state index contributed by atoms with van der Waals surface area (Å²) >= 11 is 5.51. The number of nitrogens with zero attached hydrogens (tertiary/aromatic N) is 1. The molecule has 1 saturated heterocycles. The van der Waals surface area contributed by atoms with Crippen LogP contribution in [-0.4, -0.2) is 72.8 Å². The summed E-state index contributed by atoms with van der Waals surface area (Å²) in [6, 6.07) is 3.55. The second-order valence-electron chi connectivity index (χ2n) is 7.95. The standard InChI is InChI=1S/C23H28ClN3O7/c24-10-12-34-14-13-33-11-3-1-2-7-18(28)25-16-6-4-5-15-20(16)23(32)27(22(15)31)17-8-9-19(29)26-21(17)30/h4-6,17H,1-3,7-14H2,(H,25,28)(H,26,29,30). The van der Waals surface area contributed by atoms with Crippen molar-refractivity contribution >= 4 is 46.8 Å². The van der Waals surface area contributed by atoms with Crippen LogP contribution in [0.5, 0.6) is 0 Å². The Balaban J connectivity index is 1.48. The van der Waals surface area contributed by atoms with Crippen LogP contribution >= 0.6 is 11.6 Å². The molecule has 0 aliphatic carbocycles. The van der Waals surface area contributed by atoms with E-state index in [1.165, 1.54) is 6.07 Å². The number of carbonyl (C=O) groups is 5. The fraction of sp³-hybridized carbons (Fsp3) is 0.522. The van der Waals surface area contributed by atoms with Crippen molar-refractivity contribution in [2.75, 3.05) is 37.6 Å². The van der Waals surface area contributed by atoms with Crippen molar-refractivity contribution in [2.45, 2.75) is 44.6 Å². The Kier molecular flexibility index (Phi) is 9.55. The molecule has 0 spiro atoms. The molecule has 1 aromatic carbocycles. The number of hydrogen-bond donors (Lipinski definition) is 2. The molecule has 0 bridgehead atoms. The van der Waals surface area contributed by atoms with E-state index in [0.29, 0.717) is 38.7 Å². The van der Waals surface area contributed by atoms with Crippen molar-refractivity contribution in [1.29, 1.82) is 0 Å². The zero-order valence-corrected chi connectivity index (χ0v) is 19.5. The van der Waals surface area contributed by atoms with E-state index in [9.17, 15) is 24.0 Å². The van der Waals surface area contributed by atoms with Crippen LogP contribution < -0.4 is 10.6 Å². The Bertz CT molecular complexity index is 952. The van der Waals surface area contributed by atoms with Gasteiger partial charge >= 0.3 is 0 Å². The molecule has 1 fully saturated rings. The van der Waals surface area contributed by atoms with E-state index < -0.39 is 29.7 Å². The van der Waals surface area contributed by atoms with E-state index in [-0.39, 0.29) is 42.0 Å². The highest BCUT2D eigenvalue weighted by Crippen LogP contribution is 2.32. The molecule has 184 valence electrons. The maximum Gasteiger partial charge on any atom is 0.264 e. The number of unbranched alkanes of at least 4 members (excludes halogenated alkanes) is 2. The summed E-state index contributed by atoms with van der Waals surface area (Å²) in [5, 5.41) is 4.87. The first kappa shape index (κ1) is 25.8. The van der Waals surface area contributed by atoms with E-state index in [4.69, 9.17) is 21.1 Å². The summed E-state index contributed by atoms with van der Waals surface area (Å²) in [4.78, 5) is 62.8. The zero-order chi connectivity index (χ0) is 24.5. The van der Waals surface area contributed by atoms with Gasteiger partial charge in [0.1, 0.15) is 6.04 Å². The van der Waals surface area contributed by atoms with Crippen LogP contribution in [0.1, 0.15) is 59.2 Å². The van der Waals surface area contributed by atoms with Gasteiger partial charge in [-0.15, -0.1) is 11.6 Å². The number of fused-ring (bicyclic) bond motifs is 1. The SMILES string of the molecule is O=C1CCC(N2C(=O)c3cccc(NC(=O)CCCCCOCCOCCCl)c3C2=O)C(=O)N1. The van der Waals surface area contributed by atoms with Crippen molar-refractivity contribution in [2.24, 2.45) is 0 Å². The molecule has 0 radical (unpaired) electrons. The number of anilines is 1. The number of halogens is 1. The average Bonchev–Trinajstić information content (AvgIpc) is 3.06. The predicted molar refractivity (Wildman–Crippen MR) is 123 cm³/mol. The van der Waals surface area contributed by atoms with Gasteiger partial charge in [0, 0.05) is 25.3 Å². The second-order valence-corrected chi connectivity index (χ2v) is 8.33. The minimum atomic E-state index is -1.05. The highest BCUT2D eigenvalue weighted by atomic mass is 35.5. The number of piperidine rings is 1. The average molecular weight is 494 g/mol. The van der Waals surface area contributed by atoms with E-state index in [1.54, 1.807) is 12.1 Å². The summed E-state index contributed by atoms with van der Waals surface area (Å²) in [6.07, 6.45) is 2.60. The molecular weight excluding hydrogens is 466 g/mol. The third-order valence-corrected chi connectivity index (χ3v) is 5.68. The summed E-state index contributed by atoms with van der Waals surface area (Å²) < 4.78 is 10.6. The van der Waals surface area contributed by atoms with Gasteiger partial charge in [-0.2, -0.15) is 0 Å². The van der Waals surface area contributed by atoms with Gasteiger partial charge in [0.15, 0.2) is 0 Å². The van der Waals surface area contributed by atoms with Crippen LogP contribution in [0, 0.1) is 0 Å². The Hall–Kier alpha value is -2.82. The first-order valence-electron chi connectivity index (χ1n) is 11.3. The van der Waals surface area contributed by atoms with Crippen molar-refractivity contribution < 1.29 is 33.4 Å². The van der Waals surface area contributed by atoms with Crippen LogP contribution in [0.3, 0.4) is 0 Å². The lowest BCUT2D eigenvalue weighted by Gasteiger charge is -2.27. The second kappa shape index (κ2) is 12.6. The highest BCUT2D eigenvalue weighted by Gasteiger charge is 2.45. The van der Waals surface area contributed by atoms with Gasteiger partial charge in [0.25, 0.3) is 11.8 Å². The third-order valence-electron chi connectivity index (χ3n) is 5.53. The molecule has 2 aliphatic rings. The molecule has 1 atom stereocenters. The lowest BCUT2D eigenvalue weighted by molar-refractivity contribution is -0.136. The normalized spacial score (nSPS) is 17.7. The van der Waals surface area contributed by atoms with Crippen molar-refractivity contribution in [3.05, 3.63) is 29.3 Å². The Morgan fingerprint density at radius 3 is 2.53 bits per heavy atom. The first-order valence-corrected chi connectivity index (χ1v) is 11.8. The molecular formula is C23H28ClN3O7. The van der Waals surface area contributed by atoms with Crippen LogP contribution in [0.25, 0.3) is 0 Å². The number of carbonyl (C=O) groups excluding carboxylic acids is 5. The maximum atomic E-state index is 13.0. The molecule has 0 saturated carbocycles. The van der Waals surface area contributed by atoms with Gasteiger partial charge in [0.2, 0.25) is 17.7 Å². The largest absolute Gasteiger partial charge is 0.379 e. The summed E-state index contributed by atoms with van der Waals surface area (Å²) in [7, 11) is 0. The van der Waals surface area contributed by atoms with Crippen molar-refractivity contribution in [3.8, 4) is 0 Å². The molecule has 2 aliphatic heterocycles. The topological polar surface area (TPSA) is 131 Å². The molecule has 5 amide bonds. The van der Waals surface area contributed by atoms with Gasteiger partial charge in [-0.25, -0.2) is 0 Å². The van der Waals surface area contributed by atoms with Crippen LogP contribution in [-0.2, 0) is 23.9 Å². The fourth-order valence-corrected chi connectivity index (χ4v) is 3.98. The van der Waals surface area contributed by atoms with Crippen LogP contribution in [0.4, 0.5) is 5.69 Å².